The summed E-state index contributed by atoms with van der Waals surface area (Å²) in [5.74, 6) is 0.937. The van der Waals surface area contributed by atoms with Crippen molar-refractivity contribution >= 4 is 19.1 Å². The lowest BCUT2D eigenvalue weighted by Gasteiger charge is -2.63. The second-order valence-electron chi connectivity index (χ2n) is 12.5. The molecule has 32 heavy (non-hydrogen) atoms. The van der Waals surface area contributed by atoms with Crippen molar-refractivity contribution in [2.24, 2.45) is 23.2 Å². The average molecular weight is 448 g/mol. The van der Waals surface area contributed by atoms with Gasteiger partial charge in [0.2, 0.25) is 5.91 Å². The number of likely N-dealkylation sites (tertiary alicyclic amines) is 1. The molecule has 3 aliphatic carbocycles. The summed E-state index contributed by atoms with van der Waals surface area (Å²) in [6, 6.07) is -0.642. The van der Waals surface area contributed by atoms with Crippen molar-refractivity contribution in [3.05, 3.63) is 0 Å². The molecule has 1 N–H and O–H groups in total. The number of carbonyl (C=O) groups excluding carboxylic acids is 2. The van der Waals surface area contributed by atoms with Crippen LogP contribution in [0.4, 0.5) is 4.79 Å². The van der Waals surface area contributed by atoms with Gasteiger partial charge in [-0.05, 0) is 76.5 Å². The number of ether oxygens (including phenoxy) is 1. The molecule has 2 bridgehead atoms. The van der Waals surface area contributed by atoms with E-state index in [-0.39, 0.29) is 29.5 Å². The summed E-state index contributed by atoms with van der Waals surface area (Å²) in [5.41, 5.74) is -0.582. The summed E-state index contributed by atoms with van der Waals surface area (Å²) in [4.78, 5) is 27.8. The van der Waals surface area contributed by atoms with Gasteiger partial charge in [0.15, 0.2) is 0 Å². The molecule has 180 valence electrons. The summed E-state index contributed by atoms with van der Waals surface area (Å²) in [7, 11) is -0.402. The van der Waals surface area contributed by atoms with Crippen LogP contribution in [-0.2, 0) is 18.8 Å². The molecule has 6 atom stereocenters. The molecule has 0 aromatic rings. The summed E-state index contributed by atoms with van der Waals surface area (Å²) in [5, 5.41) is 2.81. The molecule has 7 nitrogen and oxygen atoms in total. The maximum atomic E-state index is 13.6. The van der Waals surface area contributed by atoms with Crippen LogP contribution < -0.4 is 5.32 Å². The molecule has 2 aliphatic heterocycles. The molecule has 3 saturated carbocycles. The van der Waals surface area contributed by atoms with Crippen molar-refractivity contribution in [3.8, 4) is 0 Å². The van der Waals surface area contributed by atoms with Crippen LogP contribution in [0.15, 0.2) is 0 Å². The quantitative estimate of drug-likeness (QED) is 0.663. The summed E-state index contributed by atoms with van der Waals surface area (Å²) >= 11 is 0. The van der Waals surface area contributed by atoms with Gasteiger partial charge in [-0.25, -0.2) is 4.79 Å². The van der Waals surface area contributed by atoms with Crippen molar-refractivity contribution in [1.29, 1.82) is 0 Å². The molecule has 0 aromatic heterocycles. The topological polar surface area (TPSA) is 77.1 Å². The minimum absolute atomic E-state index is 0.0604. The van der Waals surface area contributed by atoms with Crippen LogP contribution in [0, 0.1) is 23.2 Å². The zero-order valence-electron chi connectivity index (χ0n) is 21.1. The summed E-state index contributed by atoms with van der Waals surface area (Å²) in [6.07, 6.45) is 3.53. The average Bonchev–Trinajstić information content (AvgIpc) is 3.27. The van der Waals surface area contributed by atoms with Gasteiger partial charge in [0, 0.05) is 6.54 Å². The Morgan fingerprint density at radius 3 is 2.50 bits per heavy atom. The third kappa shape index (κ3) is 4.06. The number of nitrogens with one attached hydrogen (secondary N) is 1. The summed E-state index contributed by atoms with van der Waals surface area (Å²) in [6.45, 7) is 16.9. The Morgan fingerprint density at radius 2 is 1.91 bits per heavy atom. The molecule has 5 fully saturated rings. The van der Waals surface area contributed by atoms with Crippen LogP contribution in [-0.4, -0.2) is 59.9 Å². The van der Waals surface area contributed by atoms with E-state index >= 15 is 0 Å². The molecular weight excluding hydrogens is 407 g/mol. The number of nitrogens with zero attached hydrogens (tertiary/aromatic N) is 1. The monoisotopic (exact) mass is 448 g/mol. The van der Waals surface area contributed by atoms with Crippen LogP contribution in [0.1, 0.15) is 81.1 Å². The summed E-state index contributed by atoms with van der Waals surface area (Å²) < 4.78 is 18.5. The molecule has 2 amide bonds. The fourth-order valence-corrected chi connectivity index (χ4v) is 6.38. The van der Waals surface area contributed by atoms with Gasteiger partial charge < -0.3 is 24.3 Å². The molecule has 5 rings (SSSR count). The van der Waals surface area contributed by atoms with Crippen molar-refractivity contribution in [1.82, 2.24) is 10.2 Å². The third-order valence-electron chi connectivity index (χ3n) is 8.33. The first-order chi connectivity index (χ1) is 14.7. The van der Waals surface area contributed by atoms with Gasteiger partial charge in [0.25, 0.3) is 0 Å². The highest BCUT2D eigenvalue weighted by Gasteiger charge is 2.68. The van der Waals surface area contributed by atoms with Crippen LogP contribution in [0.3, 0.4) is 0 Å². The van der Waals surface area contributed by atoms with E-state index in [0.717, 1.165) is 19.3 Å². The second-order valence-corrected chi connectivity index (χ2v) is 12.5. The third-order valence-corrected chi connectivity index (χ3v) is 8.33. The predicted octanol–water partition coefficient (Wildman–Crippen LogP) is 3.79. The van der Waals surface area contributed by atoms with E-state index in [4.69, 9.17) is 14.0 Å². The Labute approximate surface area is 193 Å². The molecule has 8 heteroatoms. The van der Waals surface area contributed by atoms with Gasteiger partial charge in [-0.3, -0.25) is 4.79 Å². The lowest BCUT2D eigenvalue weighted by Crippen LogP contribution is -2.63. The minimum atomic E-state index is -0.642. The second kappa shape index (κ2) is 7.90. The number of hydrogen-bond donors (Lipinski definition) is 1. The standard InChI is InChI=1S/C24H41BN2O5/c1-14(2)18(26-21(29)30-22(3,4)5)20(28)27-11-9-10-17(27)25-31-19-16-12-15(23(16,6)7)13-24(19,8)32-25/h14-19H,9-13H2,1-8H3,(H,26,29)/t15-,16+,17+,18-,19-,24+/m1/s1. The van der Waals surface area contributed by atoms with Crippen molar-refractivity contribution in [2.45, 2.75) is 110 Å². The highest BCUT2D eigenvalue weighted by atomic mass is 16.7. The van der Waals surface area contributed by atoms with E-state index in [1.165, 1.54) is 6.42 Å². The number of hydrogen-bond acceptors (Lipinski definition) is 5. The number of amides is 2. The Hall–Kier alpha value is -1.28. The molecule has 2 saturated heterocycles. The van der Waals surface area contributed by atoms with Crippen molar-refractivity contribution in [2.75, 3.05) is 6.54 Å². The minimum Gasteiger partial charge on any atom is -0.444 e. The molecule has 0 spiro atoms. The van der Waals surface area contributed by atoms with Crippen LogP contribution in [0.5, 0.6) is 0 Å². The van der Waals surface area contributed by atoms with Gasteiger partial charge in [-0.2, -0.15) is 0 Å². The molecule has 0 unspecified atom stereocenters. The molecular formula is C24H41BN2O5. The first kappa shape index (κ1) is 23.9. The smallest absolute Gasteiger partial charge is 0.444 e. The van der Waals surface area contributed by atoms with Gasteiger partial charge in [-0.1, -0.05) is 27.7 Å². The van der Waals surface area contributed by atoms with E-state index in [0.29, 0.717) is 23.8 Å². The Balaban J connectivity index is 1.46. The fraction of sp³-hybridized carbons (Fsp3) is 0.917. The molecule has 0 aromatic carbocycles. The van der Waals surface area contributed by atoms with E-state index < -0.39 is 24.9 Å². The molecule has 2 heterocycles. The van der Waals surface area contributed by atoms with E-state index in [1.807, 2.05) is 39.5 Å². The van der Waals surface area contributed by atoms with E-state index in [9.17, 15) is 9.59 Å². The first-order valence-corrected chi connectivity index (χ1v) is 12.4. The van der Waals surface area contributed by atoms with Crippen LogP contribution >= 0.6 is 0 Å². The molecule has 0 radical (unpaired) electrons. The fourth-order valence-electron chi connectivity index (χ4n) is 6.38. The van der Waals surface area contributed by atoms with Crippen molar-refractivity contribution in [3.63, 3.8) is 0 Å². The Morgan fingerprint density at radius 1 is 1.22 bits per heavy atom. The van der Waals surface area contributed by atoms with E-state index in [1.54, 1.807) is 0 Å². The maximum absolute atomic E-state index is 13.6. The van der Waals surface area contributed by atoms with E-state index in [2.05, 4.69) is 26.1 Å². The zero-order chi connectivity index (χ0) is 23.6. The maximum Gasteiger partial charge on any atom is 0.481 e. The lowest BCUT2D eigenvalue weighted by atomic mass is 9.45. The highest BCUT2D eigenvalue weighted by molar-refractivity contribution is 6.48. The first-order valence-electron chi connectivity index (χ1n) is 12.4. The number of rotatable bonds is 4. The molecule has 5 aliphatic rings. The Bertz CT molecular complexity index is 766. The van der Waals surface area contributed by atoms with Crippen LogP contribution in [0.25, 0.3) is 0 Å². The van der Waals surface area contributed by atoms with Crippen LogP contribution in [0.2, 0.25) is 0 Å². The lowest BCUT2D eigenvalue weighted by molar-refractivity contribution is -0.185. The van der Waals surface area contributed by atoms with Gasteiger partial charge >= 0.3 is 13.2 Å². The largest absolute Gasteiger partial charge is 0.481 e. The predicted molar refractivity (Wildman–Crippen MR) is 123 cm³/mol. The van der Waals surface area contributed by atoms with Gasteiger partial charge in [0.1, 0.15) is 11.6 Å². The number of carbonyl (C=O) groups is 2. The van der Waals surface area contributed by atoms with Gasteiger partial charge in [0.05, 0.1) is 17.6 Å². The SMILES string of the molecule is CC(C)[C@@H](NC(=O)OC(C)(C)C)C(=O)N1CCC[C@H]1B1O[C@@H]2[C@@H]3C[C@H](C[C@]2(C)O1)C3(C)C. The zero-order valence-corrected chi connectivity index (χ0v) is 21.1. The normalized spacial score (nSPS) is 36.5. The van der Waals surface area contributed by atoms with Crippen molar-refractivity contribution < 1.29 is 23.6 Å². The highest BCUT2D eigenvalue weighted by Crippen LogP contribution is 2.64. The van der Waals surface area contributed by atoms with Gasteiger partial charge in [-0.15, -0.1) is 0 Å². The Kier molecular flexibility index (Phi) is 5.89. The number of alkyl carbamates (subject to hydrolysis) is 1.